The van der Waals surface area contributed by atoms with Crippen LogP contribution < -0.4 is 0 Å². The van der Waals surface area contributed by atoms with Crippen molar-refractivity contribution in [2.45, 2.75) is 40.5 Å². The molecule has 0 saturated carbocycles. The molecule has 2 aromatic rings. The Hall–Kier alpha value is -1.76. The highest BCUT2D eigenvalue weighted by Gasteiger charge is 2.32. The Balaban J connectivity index is 0.000000636. The molecular formula is C20H25N. The van der Waals surface area contributed by atoms with Gasteiger partial charge < -0.3 is 4.57 Å². The Morgan fingerprint density at radius 2 is 1.81 bits per heavy atom. The van der Waals surface area contributed by atoms with Gasteiger partial charge in [0.2, 0.25) is 0 Å². The maximum Gasteiger partial charge on any atom is 0.0485 e. The molecule has 1 heterocycles. The van der Waals surface area contributed by atoms with E-state index in [0.717, 1.165) is 0 Å². The molecule has 0 saturated heterocycles. The highest BCUT2D eigenvalue weighted by molar-refractivity contribution is 5.94. The monoisotopic (exact) mass is 279 g/mol. The minimum absolute atomic E-state index is 0.714. The molecule has 1 nitrogen and oxygen atoms in total. The Bertz CT molecular complexity index is 756. The number of rotatable bonds is 0. The molecule has 21 heavy (non-hydrogen) atoms. The van der Waals surface area contributed by atoms with E-state index in [1.807, 2.05) is 13.8 Å². The summed E-state index contributed by atoms with van der Waals surface area (Å²) in [5.41, 5.74) is 8.86. The van der Waals surface area contributed by atoms with Gasteiger partial charge in [-0.1, -0.05) is 43.2 Å². The lowest BCUT2D eigenvalue weighted by Gasteiger charge is -2.18. The minimum atomic E-state index is 0.714. The molecule has 1 aromatic heterocycles. The van der Waals surface area contributed by atoms with E-state index in [9.17, 15) is 0 Å². The quantitative estimate of drug-likeness (QED) is 0.607. The van der Waals surface area contributed by atoms with Crippen LogP contribution in [0.4, 0.5) is 0 Å². The molecule has 0 aliphatic heterocycles. The first kappa shape index (κ1) is 14.2. The van der Waals surface area contributed by atoms with Crippen molar-refractivity contribution in [3.63, 3.8) is 0 Å². The van der Waals surface area contributed by atoms with Crippen molar-refractivity contribution in [2.75, 3.05) is 0 Å². The predicted molar refractivity (Wildman–Crippen MR) is 92.5 cm³/mol. The standard InChI is InChI=1S/C18H19N.C2H6/c1-11-4-6-14-13(8-11)10-16-15-9-12(2)5-7-17(15)19(3)18(14)16;1-2/h4-7,9,13H,8,10H2,1-3H3;1-2H3. The smallest absolute Gasteiger partial charge is 0.0485 e. The van der Waals surface area contributed by atoms with Gasteiger partial charge in [-0.15, -0.1) is 0 Å². The highest BCUT2D eigenvalue weighted by atomic mass is 15.0. The topological polar surface area (TPSA) is 4.93 Å². The van der Waals surface area contributed by atoms with E-state index in [0.29, 0.717) is 5.92 Å². The lowest BCUT2D eigenvalue weighted by molar-refractivity contribution is 0.678. The van der Waals surface area contributed by atoms with Crippen molar-refractivity contribution in [3.05, 3.63) is 52.7 Å². The molecule has 1 heteroatoms. The summed E-state index contributed by atoms with van der Waals surface area (Å²) in [6, 6.07) is 6.84. The van der Waals surface area contributed by atoms with Crippen molar-refractivity contribution in [1.29, 1.82) is 0 Å². The first-order chi connectivity index (χ1) is 10.1. The Kier molecular flexibility index (Phi) is 3.52. The second-order valence-electron chi connectivity index (χ2n) is 6.15. The third-order valence-corrected chi connectivity index (χ3v) is 4.74. The van der Waals surface area contributed by atoms with Crippen LogP contribution in [0.5, 0.6) is 0 Å². The van der Waals surface area contributed by atoms with Crippen LogP contribution in [-0.4, -0.2) is 4.57 Å². The maximum absolute atomic E-state index is 2.39. The average molecular weight is 279 g/mol. The van der Waals surface area contributed by atoms with E-state index < -0.39 is 0 Å². The fraction of sp³-hybridized carbons (Fsp3) is 0.400. The number of aryl methyl sites for hydroxylation is 2. The summed E-state index contributed by atoms with van der Waals surface area (Å²) in [5, 5.41) is 1.46. The van der Waals surface area contributed by atoms with Gasteiger partial charge in [0.15, 0.2) is 0 Å². The summed E-state index contributed by atoms with van der Waals surface area (Å²) in [6.45, 7) is 8.43. The molecule has 0 bridgehead atoms. The molecule has 2 aliphatic carbocycles. The van der Waals surface area contributed by atoms with E-state index in [1.54, 1.807) is 11.1 Å². The average Bonchev–Trinajstić information content (AvgIpc) is 2.97. The van der Waals surface area contributed by atoms with Gasteiger partial charge in [-0.2, -0.15) is 0 Å². The molecule has 0 amide bonds. The number of hydrogen-bond donors (Lipinski definition) is 0. The number of allylic oxidation sites excluding steroid dienone is 4. The van der Waals surface area contributed by atoms with Crippen LogP contribution in [0.15, 0.2) is 35.9 Å². The first-order valence-corrected chi connectivity index (χ1v) is 8.11. The molecule has 1 atom stereocenters. The minimum Gasteiger partial charge on any atom is -0.344 e. The van der Waals surface area contributed by atoms with Crippen molar-refractivity contribution in [2.24, 2.45) is 13.0 Å². The first-order valence-electron chi connectivity index (χ1n) is 8.11. The summed E-state index contributed by atoms with van der Waals surface area (Å²) >= 11 is 0. The number of benzene rings is 1. The van der Waals surface area contributed by atoms with Gasteiger partial charge >= 0.3 is 0 Å². The summed E-state index contributed by atoms with van der Waals surface area (Å²) in [5.74, 6) is 0.714. The summed E-state index contributed by atoms with van der Waals surface area (Å²) in [4.78, 5) is 0. The van der Waals surface area contributed by atoms with Gasteiger partial charge in [-0.25, -0.2) is 0 Å². The van der Waals surface area contributed by atoms with Crippen molar-refractivity contribution in [3.8, 4) is 0 Å². The van der Waals surface area contributed by atoms with Crippen LogP contribution in [0.25, 0.3) is 16.5 Å². The maximum atomic E-state index is 2.39. The number of aromatic nitrogens is 1. The van der Waals surface area contributed by atoms with Gasteiger partial charge in [0, 0.05) is 23.6 Å². The molecular weight excluding hydrogens is 254 g/mol. The van der Waals surface area contributed by atoms with Crippen LogP contribution in [0.2, 0.25) is 0 Å². The van der Waals surface area contributed by atoms with Gasteiger partial charge in [0.05, 0.1) is 0 Å². The summed E-state index contributed by atoms with van der Waals surface area (Å²) in [7, 11) is 2.21. The Labute approximate surface area is 128 Å². The van der Waals surface area contributed by atoms with Crippen LogP contribution >= 0.6 is 0 Å². The van der Waals surface area contributed by atoms with E-state index in [-0.39, 0.29) is 0 Å². The fourth-order valence-corrected chi connectivity index (χ4v) is 3.84. The third kappa shape index (κ3) is 2.07. The zero-order chi connectivity index (χ0) is 15.1. The summed E-state index contributed by atoms with van der Waals surface area (Å²) < 4.78 is 2.39. The lowest BCUT2D eigenvalue weighted by Crippen LogP contribution is -2.05. The van der Waals surface area contributed by atoms with E-state index in [4.69, 9.17) is 0 Å². The Morgan fingerprint density at radius 1 is 1.05 bits per heavy atom. The zero-order valence-electron chi connectivity index (χ0n) is 13.8. The second kappa shape index (κ2) is 5.22. The van der Waals surface area contributed by atoms with Crippen molar-refractivity contribution >= 4 is 16.5 Å². The fourth-order valence-electron chi connectivity index (χ4n) is 3.84. The SMILES string of the molecule is CC.CC1=CC=C2c3c(c4cc(C)ccc4n3C)CC2C1. The highest BCUT2D eigenvalue weighted by Crippen LogP contribution is 2.46. The predicted octanol–water partition coefficient (Wildman–Crippen LogP) is 5.42. The molecule has 0 radical (unpaired) electrons. The zero-order valence-corrected chi connectivity index (χ0v) is 13.8. The number of hydrogen-bond acceptors (Lipinski definition) is 0. The largest absolute Gasteiger partial charge is 0.344 e. The van der Waals surface area contributed by atoms with E-state index in [2.05, 4.69) is 55.8 Å². The van der Waals surface area contributed by atoms with E-state index >= 15 is 0 Å². The molecule has 110 valence electrons. The second-order valence-corrected chi connectivity index (χ2v) is 6.15. The molecule has 0 fully saturated rings. The van der Waals surface area contributed by atoms with Crippen LogP contribution in [0, 0.1) is 12.8 Å². The normalized spacial score (nSPS) is 19.4. The van der Waals surface area contributed by atoms with Gasteiger partial charge in [0.1, 0.15) is 0 Å². The molecule has 0 N–H and O–H groups in total. The van der Waals surface area contributed by atoms with Crippen LogP contribution in [0.1, 0.15) is 44.0 Å². The molecule has 4 rings (SSSR count). The Morgan fingerprint density at radius 3 is 2.57 bits per heavy atom. The molecule has 1 aromatic carbocycles. The van der Waals surface area contributed by atoms with Crippen LogP contribution in [0.3, 0.4) is 0 Å². The number of fused-ring (bicyclic) bond motifs is 5. The van der Waals surface area contributed by atoms with Crippen molar-refractivity contribution in [1.82, 2.24) is 4.57 Å². The van der Waals surface area contributed by atoms with Gasteiger partial charge in [-0.05, 0) is 55.9 Å². The van der Waals surface area contributed by atoms with Crippen LogP contribution in [-0.2, 0) is 13.5 Å². The molecule has 2 aliphatic rings. The summed E-state index contributed by atoms with van der Waals surface area (Å²) in [6.07, 6.45) is 7.09. The van der Waals surface area contributed by atoms with Gasteiger partial charge in [0.25, 0.3) is 0 Å². The van der Waals surface area contributed by atoms with Gasteiger partial charge in [-0.3, -0.25) is 0 Å². The molecule has 0 spiro atoms. The third-order valence-electron chi connectivity index (χ3n) is 4.74. The van der Waals surface area contributed by atoms with Crippen molar-refractivity contribution < 1.29 is 0 Å². The van der Waals surface area contributed by atoms with E-state index in [1.165, 1.54) is 40.6 Å². The lowest BCUT2D eigenvalue weighted by atomic mass is 9.89. The number of nitrogens with zero attached hydrogens (tertiary/aromatic N) is 1. The molecule has 1 unspecified atom stereocenters.